The largest absolute Gasteiger partial charge is 0.502 e. The predicted molar refractivity (Wildman–Crippen MR) is 178 cm³/mol. The first-order valence-corrected chi connectivity index (χ1v) is 17.0. The van der Waals surface area contributed by atoms with Crippen LogP contribution >= 0.6 is 0 Å². The number of phenols is 1. The number of aliphatic hydroxyl groups is 1. The fourth-order valence-electron chi connectivity index (χ4n) is 5.40. The van der Waals surface area contributed by atoms with Crippen LogP contribution in [0, 0.1) is 10.1 Å². The third-order valence-electron chi connectivity index (χ3n) is 8.10. The van der Waals surface area contributed by atoms with E-state index in [2.05, 4.69) is 6.92 Å². The highest BCUT2D eigenvalue weighted by Gasteiger charge is 2.15. The molecule has 1 unspecified atom stereocenters. The number of allylic oxidation sites excluding steroid dienone is 1. The molecule has 0 spiro atoms. The Hall–Kier alpha value is -3.19. The molecule has 0 saturated heterocycles. The van der Waals surface area contributed by atoms with E-state index in [4.69, 9.17) is 4.74 Å². The molecule has 0 heterocycles. The molecule has 0 radical (unpaired) electrons. The maximum absolute atomic E-state index is 12.3. The lowest BCUT2D eigenvalue weighted by molar-refractivity contribution is -0.385. The van der Waals surface area contributed by atoms with Crippen LogP contribution in [0.3, 0.4) is 0 Å². The number of rotatable bonds is 26. The van der Waals surface area contributed by atoms with Crippen molar-refractivity contribution in [3.63, 3.8) is 0 Å². The van der Waals surface area contributed by atoms with Gasteiger partial charge < -0.3 is 14.9 Å². The van der Waals surface area contributed by atoms with E-state index in [1.807, 2.05) is 24.3 Å². The zero-order chi connectivity index (χ0) is 31.8. The lowest BCUT2D eigenvalue weighted by Crippen LogP contribution is -2.12. The van der Waals surface area contributed by atoms with Crippen molar-refractivity contribution in [2.75, 3.05) is 0 Å². The molecule has 0 aliphatic heterocycles. The van der Waals surface area contributed by atoms with E-state index >= 15 is 0 Å². The summed E-state index contributed by atoms with van der Waals surface area (Å²) in [5.41, 5.74) is 0.941. The van der Waals surface area contributed by atoms with Gasteiger partial charge in [0.15, 0.2) is 11.5 Å². The van der Waals surface area contributed by atoms with Crippen molar-refractivity contribution in [2.45, 2.75) is 142 Å². The summed E-state index contributed by atoms with van der Waals surface area (Å²) in [5, 5.41) is 30.6. The number of unbranched alkanes of at least 4 members (excludes halogenated alkanes) is 17. The second-order valence-electron chi connectivity index (χ2n) is 11.9. The van der Waals surface area contributed by atoms with Gasteiger partial charge in [-0.25, -0.2) is 0 Å². The third-order valence-corrected chi connectivity index (χ3v) is 8.10. The van der Waals surface area contributed by atoms with Crippen LogP contribution in [0.5, 0.6) is 11.5 Å². The molecule has 44 heavy (non-hydrogen) atoms. The first-order chi connectivity index (χ1) is 21.4. The minimum absolute atomic E-state index is 0.0456. The molecule has 0 saturated carbocycles. The number of carbonyl (C=O) groups excluding carboxylic acids is 1. The second-order valence-corrected chi connectivity index (χ2v) is 11.9. The van der Waals surface area contributed by atoms with Gasteiger partial charge in [-0.05, 0) is 48.7 Å². The SMILES string of the molecule is CCCCCCCCCCCCCCCCCCCCc1ccc(OC(O)C=CCC(=O)c2ccc([N+](=O)[O-])c(O)c2)cc1. The average molecular weight is 610 g/mol. The minimum atomic E-state index is -1.21. The number of hydrogen-bond acceptors (Lipinski definition) is 6. The van der Waals surface area contributed by atoms with Crippen LogP contribution < -0.4 is 4.74 Å². The Morgan fingerprint density at radius 3 is 1.77 bits per heavy atom. The number of ether oxygens (including phenoxy) is 1. The fraction of sp³-hybridized carbons (Fsp3) is 0.595. The monoisotopic (exact) mass is 609 g/mol. The summed E-state index contributed by atoms with van der Waals surface area (Å²) in [6.07, 6.45) is 27.3. The summed E-state index contributed by atoms with van der Waals surface area (Å²) >= 11 is 0. The molecule has 7 heteroatoms. The number of Topliss-reactive ketones (excluding diaryl/α,β-unsaturated/α-hetero) is 1. The molecule has 0 fully saturated rings. The number of aromatic hydroxyl groups is 1. The summed E-state index contributed by atoms with van der Waals surface area (Å²) in [6, 6.07) is 11.2. The molecule has 0 aliphatic carbocycles. The van der Waals surface area contributed by atoms with Crippen LogP contribution in [0.15, 0.2) is 54.6 Å². The molecule has 0 amide bonds. The fourth-order valence-corrected chi connectivity index (χ4v) is 5.40. The van der Waals surface area contributed by atoms with Crippen molar-refractivity contribution in [1.29, 1.82) is 0 Å². The summed E-state index contributed by atoms with van der Waals surface area (Å²) < 4.78 is 5.50. The predicted octanol–water partition coefficient (Wildman–Crippen LogP) is 10.4. The van der Waals surface area contributed by atoms with E-state index in [0.29, 0.717) is 5.75 Å². The van der Waals surface area contributed by atoms with Crippen LogP contribution in [0.2, 0.25) is 0 Å². The van der Waals surface area contributed by atoms with E-state index in [-0.39, 0.29) is 17.8 Å². The molecule has 244 valence electrons. The Morgan fingerprint density at radius 1 is 0.795 bits per heavy atom. The molecule has 2 aromatic carbocycles. The van der Waals surface area contributed by atoms with Crippen molar-refractivity contribution in [2.24, 2.45) is 0 Å². The highest BCUT2D eigenvalue weighted by Crippen LogP contribution is 2.27. The summed E-state index contributed by atoms with van der Waals surface area (Å²) in [7, 11) is 0. The van der Waals surface area contributed by atoms with Gasteiger partial charge in [-0.3, -0.25) is 14.9 Å². The molecule has 0 bridgehead atoms. The number of nitrogens with zero attached hydrogens (tertiary/aromatic N) is 1. The van der Waals surface area contributed by atoms with Gasteiger partial charge in [0.05, 0.1) is 4.92 Å². The number of ketones is 1. The Morgan fingerprint density at radius 2 is 1.30 bits per heavy atom. The van der Waals surface area contributed by atoms with Crippen LogP contribution in [0.4, 0.5) is 5.69 Å². The standard InChI is InChI=1S/C37H55NO6/c1-2-3-4-5-6-7-8-9-10-11-12-13-14-15-16-17-18-19-21-31-24-27-33(28-25-31)44-37(41)23-20-22-35(39)32-26-29-34(38(42)43)36(40)30-32/h20,23-30,37,40-41H,2-19,21-22H2,1H3. The smallest absolute Gasteiger partial charge is 0.310 e. The number of aryl methyl sites for hydroxylation is 1. The van der Waals surface area contributed by atoms with Crippen molar-refractivity contribution in [3.05, 3.63) is 75.9 Å². The van der Waals surface area contributed by atoms with Gasteiger partial charge >= 0.3 is 5.69 Å². The molecule has 2 rings (SSSR count). The van der Waals surface area contributed by atoms with Gasteiger partial charge in [0.1, 0.15) is 5.75 Å². The minimum Gasteiger partial charge on any atom is -0.502 e. The number of hydrogen-bond donors (Lipinski definition) is 2. The number of phenolic OH excluding ortho intramolecular Hbond substituents is 1. The molecule has 1 atom stereocenters. The van der Waals surface area contributed by atoms with Gasteiger partial charge in [0, 0.05) is 18.1 Å². The molecule has 2 aromatic rings. The van der Waals surface area contributed by atoms with E-state index in [9.17, 15) is 25.1 Å². The average Bonchev–Trinajstić information content (AvgIpc) is 3.01. The molecule has 0 aromatic heterocycles. The second kappa shape index (κ2) is 23.2. The van der Waals surface area contributed by atoms with Crippen LogP contribution in [0.1, 0.15) is 145 Å². The Kier molecular flexibility index (Phi) is 19.5. The molecular formula is C37H55NO6. The maximum Gasteiger partial charge on any atom is 0.310 e. The summed E-state index contributed by atoms with van der Waals surface area (Å²) in [4.78, 5) is 22.3. The number of benzene rings is 2. The number of carbonyl (C=O) groups is 1. The van der Waals surface area contributed by atoms with Crippen molar-refractivity contribution < 1.29 is 24.7 Å². The maximum atomic E-state index is 12.3. The Balaban J connectivity index is 1.46. The van der Waals surface area contributed by atoms with Gasteiger partial charge in [0.2, 0.25) is 6.29 Å². The highest BCUT2D eigenvalue weighted by molar-refractivity contribution is 5.97. The first-order valence-electron chi connectivity index (χ1n) is 17.0. The zero-order valence-corrected chi connectivity index (χ0v) is 26.9. The van der Waals surface area contributed by atoms with Crippen LogP contribution in [-0.4, -0.2) is 27.2 Å². The third kappa shape index (κ3) is 16.6. The number of nitro benzene ring substituents is 1. The molecule has 0 aliphatic rings. The van der Waals surface area contributed by atoms with Gasteiger partial charge in [-0.2, -0.15) is 0 Å². The summed E-state index contributed by atoms with van der Waals surface area (Å²) in [5.74, 6) is -0.366. The van der Waals surface area contributed by atoms with Gasteiger partial charge in [-0.1, -0.05) is 134 Å². The van der Waals surface area contributed by atoms with E-state index in [0.717, 1.165) is 18.6 Å². The van der Waals surface area contributed by atoms with E-state index in [1.165, 1.54) is 139 Å². The van der Waals surface area contributed by atoms with E-state index < -0.39 is 22.7 Å². The molecule has 7 nitrogen and oxygen atoms in total. The first kappa shape index (κ1) is 37.0. The quantitative estimate of drug-likeness (QED) is 0.0274. The highest BCUT2D eigenvalue weighted by atomic mass is 16.6. The van der Waals surface area contributed by atoms with Crippen molar-refractivity contribution in [1.82, 2.24) is 0 Å². The van der Waals surface area contributed by atoms with Crippen LogP contribution in [0.25, 0.3) is 0 Å². The van der Waals surface area contributed by atoms with Crippen molar-refractivity contribution >= 4 is 11.5 Å². The van der Waals surface area contributed by atoms with Crippen molar-refractivity contribution in [3.8, 4) is 11.5 Å². The normalized spacial score (nSPS) is 12.0. The lowest BCUT2D eigenvalue weighted by atomic mass is 10.0. The molecular weight excluding hydrogens is 554 g/mol. The number of aliphatic hydroxyl groups excluding tert-OH is 1. The van der Waals surface area contributed by atoms with Gasteiger partial charge in [0.25, 0.3) is 0 Å². The molecule has 2 N–H and O–H groups in total. The van der Waals surface area contributed by atoms with Crippen LogP contribution in [-0.2, 0) is 6.42 Å². The zero-order valence-electron chi connectivity index (χ0n) is 26.9. The Labute approximate surface area is 264 Å². The lowest BCUT2D eigenvalue weighted by Gasteiger charge is -2.10. The Bertz CT molecular complexity index is 1100. The topological polar surface area (TPSA) is 110 Å². The van der Waals surface area contributed by atoms with Gasteiger partial charge in [-0.15, -0.1) is 0 Å². The number of nitro groups is 1. The van der Waals surface area contributed by atoms with E-state index in [1.54, 1.807) is 0 Å². The summed E-state index contributed by atoms with van der Waals surface area (Å²) in [6.45, 7) is 2.28.